The predicted molar refractivity (Wildman–Crippen MR) is 65.5 cm³/mol. The number of carbonyl (C=O) groups is 1. The number of hydrogen-bond donors (Lipinski definition) is 1. The molecule has 0 fully saturated rings. The number of halogens is 1. The maximum atomic E-state index is 11.2. The van der Waals surface area contributed by atoms with Gasteiger partial charge in [-0.25, -0.2) is 4.79 Å². The Bertz CT molecular complexity index is 456. The zero-order valence-corrected chi connectivity index (χ0v) is 11.5. The number of aromatic carboxylic acids is 1. The normalized spacial score (nSPS) is 9.94. The van der Waals surface area contributed by atoms with Gasteiger partial charge in [-0.3, -0.25) is 0 Å². The first-order chi connectivity index (χ1) is 7.99. The molecule has 0 saturated carbocycles. The van der Waals surface area contributed by atoms with Crippen LogP contribution in [-0.4, -0.2) is 32.4 Å². The summed E-state index contributed by atoms with van der Waals surface area (Å²) in [7, 11) is 4.34. The van der Waals surface area contributed by atoms with Crippen molar-refractivity contribution < 1.29 is 24.1 Å². The Hall–Kier alpha value is -1.43. The summed E-state index contributed by atoms with van der Waals surface area (Å²) in [4.78, 5) is 11.2. The third-order valence-corrected chi connectivity index (χ3v) is 3.12. The quantitative estimate of drug-likeness (QED) is 0.926. The van der Waals surface area contributed by atoms with Gasteiger partial charge in [0.25, 0.3) is 0 Å². The number of ether oxygens (including phenoxy) is 3. The van der Waals surface area contributed by atoms with E-state index in [2.05, 4.69) is 15.9 Å². The molecule has 5 nitrogen and oxygen atoms in total. The first-order valence-corrected chi connectivity index (χ1v) is 5.50. The molecule has 0 aliphatic carbocycles. The maximum Gasteiger partial charge on any atom is 0.340 e. The second-order valence-electron chi connectivity index (χ2n) is 3.22. The van der Waals surface area contributed by atoms with Crippen molar-refractivity contribution in [3.8, 4) is 17.2 Å². The van der Waals surface area contributed by atoms with Crippen LogP contribution in [0.2, 0.25) is 0 Å². The zero-order chi connectivity index (χ0) is 13.2. The Morgan fingerprint density at radius 3 is 1.88 bits per heavy atom. The minimum atomic E-state index is -1.10. The standard InChI is InChI=1S/C11H13BrO5/c1-5-8(15-2)6(11(13)14)7(12)10(17-4)9(5)16-3/h1-4H3,(H,13,14). The van der Waals surface area contributed by atoms with E-state index >= 15 is 0 Å². The van der Waals surface area contributed by atoms with Crippen molar-refractivity contribution >= 4 is 21.9 Å². The van der Waals surface area contributed by atoms with Gasteiger partial charge >= 0.3 is 5.97 Å². The molecule has 1 N–H and O–H groups in total. The number of benzene rings is 1. The fourth-order valence-electron chi connectivity index (χ4n) is 1.65. The van der Waals surface area contributed by atoms with Crippen LogP contribution in [0.15, 0.2) is 4.47 Å². The topological polar surface area (TPSA) is 65.0 Å². The molecule has 0 aromatic heterocycles. The van der Waals surface area contributed by atoms with Gasteiger partial charge in [0, 0.05) is 5.56 Å². The average molecular weight is 305 g/mol. The van der Waals surface area contributed by atoms with Crippen molar-refractivity contribution in [3.05, 3.63) is 15.6 Å². The molecular weight excluding hydrogens is 292 g/mol. The molecule has 0 bridgehead atoms. The molecule has 0 aliphatic heterocycles. The third-order valence-electron chi connectivity index (χ3n) is 2.36. The van der Waals surface area contributed by atoms with E-state index in [1.54, 1.807) is 6.92 Å². The van der Waals surface area contributed by atoms with Crippen LogP contribution in [0, 0.1) is 6.92 Å². The van der Waals surface area contributed by atoms with Crippen LogP contribution in [-0.2, 0) is 0 Å². The second kappa shape index (κ2) is 5.27. The number of hydrogen-bond acceptors (Lipinski definition) is 4. The van der Waals surface area contributed by atoms with Gasteiger partial charge in [-0.05, 0) is 22.9 Å². The predicted octanol–water partition coefficient (Wildman–Crippen LogP) is 2.48. The van der Waals surface area contributed by atoms with E-state index in [-0.39, 0.29) is 11.3 Å². The van der Waals surface area contributed by atoms with Gasteiger partial charge in [-0.15, -0.1) is 0 Å². The van der Waals surface area contributed by atoms with Crippen LogP contribution in [0.1, 0.15) is 15.9 Å². The molecule has 1 rings (SSSR count). The smallest absolute Gasteiger partial charge is 0.340 e. The molecule has 0 aliphatic rings. The maximum absolute atomic E-state index is 11.2. The molecule has 94 valence electrons. The highest BCUT2D eigenvalue weighted by molar-refractivity contribution is 9.10. The summed E-state index contributed by atoms with van der Waals surface area (Å²) in [5.74, 6) is -0.0655. The van der Waals surface area contributed by atoms with Crippen LogP contribution in [0.3, 0.4) is 0 Å². The number of carboxylic acid groups (broad SMARTS) is 1. The minimum Gasteiger partial charge on any atom is -0.495 e. The lowest BCUT2D eigenvalue weighted by Crippen LogP contribution is -2.07. The third kappa shape index (κ3) is 2.17. The van der Waals surface area contributed by atoms with Gasteiger partial charge in [0.2, 0.25) is 0 Å². The average Bonchev–Trinajstić information content (AvgIpc) is 2.29. The van der Waals surface area contributed by atoms with Crippen LogP contribution < -0.4 is 14.2 Å². The number of rotatable bonds is 4. The summed E-state index contributed by atoms with van der Waals surface area (Å²) in [5, 5.41) is 9.18. The lowest BCUT2D eigenvalue weighted by Gasteiger charge is -2.18. The summed E-state index contributed by atoms with van der Waals surface area (Å²) in [5.41, 5.74) is 0.593. The van der Waals surface area contributed by atoms with Gasteiger partial charge in [-0.2, -0.15) is 0 Å². The molecule has 1 aromatic carbocycles. The van der Waals surface area contributed by atoms with E-state index in [9.17, 15) is 9.90 Å². The number of methoxy groups -OCH3 is 3. The highest BCUT2D eigenvalue weighted by Crippen LogP contribution is 2.46. The monoisotopic (exact) mass is 304 g/mol. The highest BCUT2D eigenvalue weighted by Gasteiger charge is 2.26. The van der Waals surface area contributed by atoms with Crippen molar-refractivity contribution in [1.29, 1.82) is 0 Å². The Morgan fingerprint density at radius 2 is 1.53 bits per heavy atom. The Labute approximate surface area is 107 Å². The fourth-order valence-corrected chi connectivity index (χ4v) is 2.34. The van der Waals surface area contributed by atoms with Crippen LogP contribution in [0.25, 0.3) is 0 Å². The van der Waals surface area contributed by atoms with Crippen LogP contribution in [0.4, 0.5) is 0 Å². The van der Waals surface area contributed by atoms with E-state index in [1.807, 2.05) is 0 Å². The Kier molecular flexibility index (Phi) is 4.22. The molecule has 17 heavy (non-hydrogen) atoms. The molecule has 0 saturated heterocycles. The van der Waals surface area contributed by atoms with E-state index in [4.69, 9.17) is 14.2 Å². The summed E-state index contributed by atoms with van der Waals surface area (Å²) in [6, 6.07) is 0. The van der Waals surface area contributed by atoms with Crippen molar-refractivity contribution in [3.63, 3.8) is 0 Å². The molecule has 0 heterocycles. The highest BCUT2D eigenvalue weighted by atomic mass is 79.9. The molecule has 0 amide bonds. The van der Waals surface area contributed by atoms with E-state index < -0.39 is 5.97 Å². The lowest BCUT2D eigenvalue weighted by atomic mass is 10.1. The van der Waals surface area contributed by atoms with E-state index in [0.29, 0.717) is 21.5 Å². The number of carboxylic acids is 1. The molecule has 0 atom stereocenters. The molecule has 1 aromatic rings. The second-order valence-corrected chi connectivity index (χ2v) is 4.01. The van der Waals surface area contributed by atoms with Crippen LogP contribution >= 0.6 is 15.9 Å². The van der Waals surface area contributed by atoms with Gasteiger partial charge in [-0.1, -0.05) is 0 Å². The van der Waals surface area contributed by atoms with Gasteiger partial charge in [0.1, 0.15) is 11.3 Å². The summed E-state index contributed by atoms with van der Waals surface area (Å²) in [6.07, 6.45) is 0. The first kappa shape index (κ1) is 13.6. The Morgan fingerprint density at radius 1 is 1.06 bits per heavy atom. The summed E-state index contributed by atoms with van der Waals surface area (Å²) in [6.45, 7) is 1.71. The summed E-state index contributed by atoms with van der Waals surface area (Å²) < 4.78 is 15.8. The zero-order valence-electron chi connectivity index (χ0n) is 9.96. The minimum absolute atomic E-state index is 0.0163. The van der Waals surface area contributed by atoms with Gasteiger partial charge < -0.3 is 19.3 Å². The molecule has 6 heteroatoms. The van der Waals surface area contributed by atoms with E-state index in [1.165, 1.54) is 21.3 Å². The largest absolute Gasteiger partial charge is 0.495 e. The van der Waals surface area contributed by atoms with Crippen molar-refractivity contribution in [2.45, 2.75) is 6.92 Å². The molecule has 0 unspecified atom stereocenters. The van der Waals surface area contributed by atoms with Crippen LogP contribution in [0.5, 0.6) is 17.2 Å². The van der Waals surface area contributed by atoms with Crippen molar-refractivity contribution in [2.75, 3.05) is 21.3 Å². The summed E-state index contributed by atoms with van der Waals surface area (Å²) >= 11 is 3.19. The lowest BCUT2D eigenvalue weighted by molar-refractivity contribution is 0.0691. The Balaban J connectivity index is 3.73. The van der Waals surface area contributed by atoms with Crippen molar-refractivity contribution in [2.24, 2.45) is 0 Å². The molecular formula is C11H13BrO5. The SMILES string of the molecule is COc1c(C)c(OC)c(C(=O)O)c(Br)c1OC. The van der Waals surface area contributed by atoms with Gasteiger partial charge in [0.05, 0.1) is 25.8 Å². The fraction of sp³-hybridized carbons (Fsp3) is 0.364. The van der Waals surface area contributed by atoms with E-state index in [0.717, 1.165) is 0 Å². The first-order valence-electron chi connectivity index (χ1n) is 4.70. The molecule has 0 radical (unpaired) electrons. The van der Waals surface area contributed by atoms with Gasteiger partial charge in [0.15, 0.2) is 11.5 Å². The van der Waals surface area contributed by atoms with Crippen molar-refractivity contribution in [1.82, 2.24) is 0 Å². The molecule has 0 spiro atoms.